The first-order valence-corrected chi connectivity index (χ1v) is 11.3. The Kier molecular flexibility index (Phi) is 7.34. The second-order valence-electron chi connectivity index (χ2n) is 7.23. The van der Waals surface area contributed by atoms with Crippen molar-refractivity contribution in [2.24, 2.45) is 0 Å². The molecule has 1 saturated heterocycles. The van der Waals surface area contributed by atoms with Crippen molar-refractivity contribution < 1.29 is 26.8 Å². The molecule has 10 heteroatoms. The van der Waals surface area contributed by atoms with E-state index in [1.165, 1.54) is 34.6 Å². The number of nitrogens with one attached hydrogen (secondary N) is 2. The van der Waals surface area contributed by atoms with Crippen LogP contribution in [-0.2, 0) is 19.6 Å². The molecular formula is C21H23F2N3O4S. The maximum absolute atomic E-state index is 13.2. The summed E-state index contributed by atoms with van der Waals surface area (Å²) < 4.78 is 53.6. The van der Waals surface area contributed by atoms with Crippen LogP contribution in [0.4, 0.5) is 14.5 Å². The van der Waals surface area contributed by atoms with Crippen LogP contribution in [0.2, 0.25) is 0 Å². The number of piperidine rings is 1. The molecule has 166 valence electrons. The Morgan fingerprint density at radius 3 is 2.45 bits per heavy atom. The van der Waals surface area contributed by atoms with E-state index in [-0.39, 0.29) is 23.2 Å². The number of hydrogen-bond donors (Lipinski definition) is 2. The lowest BCUT2D eigenvalue weighted by Gasteiger charge is -2.34. The monoisotopic (exact) mass is 451 g/mol. The minimum Gasteiger partial charge on any atom is -0.348 e. The highest BCUT2D eigenvalue weighted by Gasteiger charge is 2.33. The zero-order valence-corrected chi connectivity index (χ0v) is 17.5. The van der Waals surface area contributed by atoms with Crippen LogP contribution in [0.1, 0.15) is 25.7 Å². The lowest BCUT2D eigenvalue weighted by Crippen LogP contribution is -2.45. The summed E-state index contributed by atoms with van der Waals surface area (Å²) in [5.74, 6) is -2.90. The summed E-state index contributed by atoms with van der Waals surface area (Å²) in [6.07, 6.45) is 2.48. The first-order valence-electron chi connectivity index (χ1n) is 9.89. The Hall–Kier alpha value is -2.85. The molecule has 0 spiro atoms. The van der Waals surface area contributed by atoms with Gasteiger partial charge < -0.3 is 10.6 Å². The molecule has 2 aromatic rings. The molecule has 1 fully saturated rings. The molecule has 2 N–H and O–H groups in total. The van der Waals surface area contributed by atoms with Gasteiger partial charge in [-0.05, 0) is 61.7 Å². The number of nitrogens with zero attached hydrogens (tertiary/aromatic N) is 1. The van der Waals surface area contributed by atoms with E-state index in [0.717, 1.165) is 24.6 Å². The highest BCUT2D eigenvalue weighted by atomic mass is 32.2. The summed E-state index contributed by atoms with van der Waals surface area (Å²) in [7, 11) is -3.80. The highest BCUT2D eigenvalue weighted by molar-refractivity contribution is 7.89. The third kappa shape index (κ3) is 5.86. The molecule has 0 unspecified atom stereocenters. The fourth-order valence-corrected chi connectivity index (χ4v) is 5.23. The standard InChI is InChI=1S/C21H23F2N3O4S/c22-15-7-9-19(10-8-15)31(29,30)26-13-2-1-6-18(26)11-12-24-20(27)21(28)25-17-5-3-4-16(23)14-17/h3-5,7-10,14,18H,1-2,6,11-13H2,(H,24,27)(H,25,28)/t18-/m0/s1. The molecule has 0 aromatic heterocycles. The Morgan fingerprint density at radius 2 is 1.74 bits per heavy atom. The predicted octanol–water partition coefficient (Wildman–Crippen LogP) is 2.65. The van der Waals surface area contributed by atoms with E-state index in [1.807, 2.05) is 0 Å². The van der Waals surface area contributed by atoms with Crippen LogP contribution < -0.4 is 10.6 Å². The van der Waals surface area contributed by atoms with E-state index in [4.69, 9.17) is 0 Å². The molecule has 3 rings (SSSR count). The number of sulfonamides is 1. The van der Waals surface area contributed by atoms with E-state index >= 15 is 0 Å². The lowest BCUT2D eigenvalue weighted by molar-refractivity contribution is -0.136. The van der Waals surface area contributed by atoms with Gasteiger partial charge in [0, 0.05) is 24.8 Å². The van der Waals surface area contributed by atoms with Crippen molar-refractivity contribution in [1.29, 1.82) is 0 Å². The largest absolute Gasteiger partial charge is 0.348 e. The third-order valence-corrected chi connectivity index (χ3v) is 7.01. The van der Waals surface area contributed by atoms with Crippen molar-refractivity contribution in [1.82, 2.24) is 9.62 Å². The van der Waals surface area contributed by atoms with Gasteiger partial charge in [-0.1, -0.05) is 12.5 Å². The predicted molar refractivity (Wildman–Crippen MR) is 111 cm³/mol. The molecule has 0 bridgehead atoms. The lowest BCUT2D eigenvalue weighted by atomic mass is 10.0. The van der Waals surface area contributed by atoms with Gasteiger partial charge in [-0.25, -0.2) is 17.2 Å². The number of hydrogen-bond acceptors (Lipinski definition) is 4. The van der Waals surface area contributed by atoms with Gasteiger partial charge in [0.2, 0.25) is 10.0 Å². The van der Waals surface area contributed by atoms with Crippen molar-refractivity contribution in [2.45, 2.75) is 36.6 Å². The van der Waals surface area contributed by atoms with E-state index in [9.17, 15) is 26.8 Å². The van der Waals surface area contributed by atoms with Crippen molar-refractivity contribution in [3.8, 4) is 0 Å². The summed E-state index contributed by atoms with van der Waals surface area (Å²) in [5.41, 5.74) is 0.156. The quantitative estimate of drug-likeness (QED) is 0.660. The average molecular weight is 451 g/mol. The van der Waals surface area contributed by atoms with E-state index in [2.05, 4.69) is 10.6 Å². The number of benzene rings is 2. The van der Waals surface area contributed by atoms with Crippen molar-refractivity contribution in [2.75, 3.05) is 18.4 Å². The molecule has 0 radical (unpaired) electrons. The molecule has 1 aliphatic heterocycles. The summed E-state index contributed by atoms with van der Waals surface area (Å²) in [6, 6.07) is 9.47. The Labute approximate surface area is 179 Å². The second kappa shape index (κ2) is 9.97. The molecule has 0 aliphatic carbocycles. The van der Waals surface area contributed by atoms with Crippen LogP contribution in [0.3, 0.4) is 0 Å². The third-order valence-electron chi connectivity index (χ3n) is 5.05. The Balaban J connectivity index is 1.57. The zero-order valence-electron chi connectivity index (χ0n) is 16.7. The minimum atomic E-state index is -3.80. The van der Waals surface area contributed by atoms with Gasteiger partial charge in [0.15, 0.2) is 0 Å². The van der Waals surface area contributed by atoms with E-state index < -0.39 is 33.5 Å². The normalized spacial score (nSPS) is 17.2. The molecule has 1 atom stereocenters. The van der Waals surface area contributed by atoms with Crippen LogP contribution in [0.15, 0.2) is 53.4 Å². The van der Waals surface area contributed by atoms with Crippen molar-refractivity contribution in [3.63, 3.8) is 0 Å². The molecule has 2 amide bonds. The number of amides is 2. The average Bonchev–Trinajstić information content (AvgIpc) is 2.74. The number of halogens is 2. The molecular weight excluding hydrogens is 428 g/mol. The highest BCUT2D eigenvalue weighted by Crippen LogP contribution is 2.27. The van der Waals surface area contributed by atoms with E-state index in [0.29, 0.717) is 25.8 Å². The summed E-state index contributed by atoms with van der Waals surface area (Å²) in [4.78, 5) is 24.0. The zero-order chi connectivity index (χ0) is 22.4. The fraction of sp³-hybridized carbons (Fsp3) is 0.333. The smallest absolute Gasteiger partial charge is 0.313 e. The molecule has 7 nitrogen and oxygen atoms in total. The second-order valence-corrected chi connectivity index (χ2v) is 9.12. The van der Waals surface area contributed by atoms with Crippen LogP contribution in [0.5, 0.6) is 0 Å². The van der Waals surface area contributed by atoms with Gasteiger partial charge in [-0.3, -0.25) is 9.59 Å². The number of anilines is 1. The molecule has 2 aromatic carbocycles. The van der Waals surface area contributed by atoms with Crippen molar-refractivity contribution in [3.05, 3.63) is 60.2 Å². The first-order chi connectivity index (χ1) is 14.8. The molecule has 1 heterocycles. The van der Waals surface area contributed by atoms with Gasteiger partial charge in [0.1, 0.15) is 11.6 Å². The van der Waals surface area contributed by atoms with Gasteiger partial charge in [-0.15, -0.1) is 0 Å². The Bertz CT molecular complexity index is 1040. The van der Waals surface area contributed by atoms with Gasteiger partial charge in [0.05, 0.1) is 4.90 Å². The van der Waals surface area contributed by atoms with Crippen LogP contribution in [0, 0.1) is 11.6 Å². The fourth-order valence-electron chi connectivity index (χ4n) is 3.51. The van der Waals surface area contributed by atoms with Gasteiger partial charge in [0.25, 0.3) is 0 Å². The number of carbonyl (C=O) groups excluding carboxylic acids is 2. The summed E-state index contributed by atoms with van der Waals surface area (Å²) >= 11 is 0. The number of rotatable bonds is 6. The maximum atomic E-state index is 13.2. The molecule has 0 saturated carbocycles. The molecule has 1 aliphatic rings. The van der Waals surface area contributed by atoms with Crippen molar-refractivity contribution >= 4 is 27.5 Å². The van der Waals surface area contributed by atoms with Gasteiger partial charge >= 0.3 is 11.8 Å². The SMILES string of the molecule is O=C(NCC[C@@H]1CCCCN1S(=O)(=O)c1ccc(F)cc1)C(=O)Nc1cccc(F)c1. The maximum Gasteiger partial charge on any atom is 0.313 e. The Morgan fingerprint density at radius 1 is 1.00 bits per heavy atom. The minimum absolute atomic E-state index is 0.0132. The summed E-state index contributed by atoms with van der Waals surface area (Å²) in [5, 5.41) is 4.77. The van der Waals surface area contributed by atoms with Gasteiger partial charge in [-0.2, -0.15) is 4.31 Å². The topological polar surface area (TPSA) is 95.6 Å². The number of carbonyl (C=O) groups is 2. The first kappa shape index (κ1) is 22.8. The van der Waals surface area contributed by atoms with Crippen LogP contribution in [-0.4, -0.2) is 43.7 Å². The summed E-state index contributed by atoms with van der Waals surface area (Å²) in [6.45, 7) is 0.424. The van der Waals surface area contributed by atoms with Crippen LogP contribution in [0.25, 0.3) is 0 Å². The van der Waals surface area contributed by atoms with E-state index in [1.54, 1.807) is 0 Å². The van der Waals surface area contributed by atoms with Crippen LogP contribution >= 0.6 is 0 Å². The molecule has 31 heavy (non-hydrogen) atoms.